The number of aliphatic carboxylic acids is 1. The fourth-order valence-corrected chi connectivity index (χ4v) is 0.921. The lowest BCUT2D eigenvalue weighted by molar-refractivity contribution is -0.312. The number of hydrogen-bond acceptors (Lipinski definition) is 3. The van der Waals surface area contributed by atoms with Crippen molar-refractivity contribution in [3.63, 3.8) is 0 Å². The van der Waals surface area contributed by atoms with Gasteiger partial charge < -0.3 is 14.6 Å². The minimum Gasteiger partial charge on any atom is -0.550 e. The highest BCUT2D eigenvalue weighted by Crippen LogP contribution is 2.07. The molecule has 66 valence electrons. The molecule has 0 spiro atoms. The van der Waals surface area contributed by atoms with Crippen molar-refractivity contribution < 1.29 is 14.6 Å². The predicted octanol–water partition coefficient (Wildman–Crippen LogP) is 0.189. The SMILES string of the molecule is CCCCC(COC)C(=O)[O-]. The van der Waals surface area contributed by atoms with Gasteiger partial charge in [0.2, 0.25) is 0 Å². The number of hydrogen-bond donors (Lipinski definition) is 0. The Morgan fingerprint density at radius 2 is 2.27 bits per heavy atom. The number of carbonyl (C=O) groups is 1. The fourth-order valence-electron chi connectivity index (χ4n) is 0.921. The molecule has 0 aliphatic carbocycles. The highest BCUT2D eigenvalue weighted by molar-refractivity contribution is 5.67. The Kier molecular flexibility index (Phi) is 5.84. The highest BCUT2D eigenvalue weighted by Gasteiger charge is 2.07. The van der Waals surface area contributed by atoms with Crippen LogP contribution in [-0.4, -0.2) is 19.7 Å². The Hall–Kier alpha value is -0.570. The lowest BCUT2D eigenvalue weighted by Crippen LogP contribution is -2.33. The van der Waals surface area contributed by atoms with Gasteiger partial charge in [-0.2, -0.15) is 0 Å². The Balaban J connectivity index is 3.60. The normalized spacial score (nSPS) is 12.9. The van der Waals surface area contributed by atoms with E-state index in [-0.39, 0.29) is 6.61 Å². The summed E-state index contributed by atoms with van der Waals surface area (Å²) in [5.74, 6) is -1.43. The minimum absolute atomic E-state index is 0.266. The second-order valence-electron chi connectivity index (χ2n) is 2.61. The zero-order valence-electron chi connectivity index (χ0n) is 7.13. The molecule has 3 nitrogen and oxygen atoms in total. The van der Waals surface area contributed by atoms with Gasteiger partial charge in [0.15, 0.2) is 0 Å². The maximum absolute atomic E-state index is 10.4. The maximum atomic E-state index is 10.4. The van der Waals surface area contributed by atoms with Crippen LogP contribution in [0.15, 0.2) is 0 Å². The van der Waals surface area contributed by atoms with E-state index in [0.29, 0.717) is 6.42 Å². The maximum Gasteiger partial charge on any atom is 0.0542 e. The van der Waals surface area contributed by atoms with E-state index in [0.717, 1.165) is 12.8 Å². The topological polar surface area (TPSA) is 49.4 Å². The van der Waals surface area contributed by atoms with E-state index in [1.807, 2.05) is 6.92 Å². The molecule has 0 heterocycles. The first-order chi connectivity index (χ1) is 5.22. The highest BCUT2D eigenvalue weighted by atomic mass is 16.5. The van der Waals surface area contributed by atoms with E-state index in [1.165, 1.54) is 7.11 Å². The Morgan fingerprint density at radius 1 is 1.64 bits per heavy atom. The lowest BCUT2D eigenvalue weighted by atomic mass is 10.0. The van der Waals surface area contributed by atoms with Gasteiger partial charge in [-0.15, -0.1) is 0 Å². The molecule has 0 fully saturated rings. The second kappa shape index (κ2) is 6.16. The Labute approximate surface area is 67.4 Å². The molecule has 3 heteroatoms. The van der Waals surface area contributed by atoms with E-state index in [1.54, 1.807) is 0 Å². The Bertz CT molecular complexity index is 112. The molecule has 0 N–H and O–H groups in total. The summed E-state index contributed by atoms with van der Waals surface area (Å²) in [5.41, 5.74) is 0. The number of ether oxygens (including phenoxy) is 1. The standard InChI is InChI=1S/C8H16O3/c1-3-4-5-7(6-11-2)8(9)10/h7H,3-6H2,1-2H3,(H,9,10)/p-1. The van der Waals surface area contributed by atoms with Crippen molar-refractivity contribution in [1.82, 2.24) is 0 Å². The summed E-state index contributed by atoms with van der Waals surface area (Å²) >= 11 is 0. The molecule has 11 heavy (non-hydrogen) atoms. The van der Waals surface area contributed by atoms with Crippen molar-refractivity contribution in [2.75, 3.05) is 13.7 Å². The molecular weight excluding hydrogens is 144 g/mol. The first-order valence-corrected chi connectivity index (χ1v) is 3.92. The molecule has 0 aliphatic heterocycles. The minimum atomic E-state index is -1.000. The smallest absolute Gasteiger partial charge is 0.0542 e. The second-order valence-corrected chi connectivity index (χ2v) is 2.61. The van der Waals surface area contributed by atoms with Gasteiger partial charge in [-0.3, -0.25) is 0 Å². The van der Waals surface area contributed by atoms with Crippen molar-refractivity contribution in [2.45, 2.75) is 26.2 Å². The molecule has 0 aromatic heterocycles. The van der Waals surface area contributed by atoms with Crippen LogP contribution >= 0.6 is 0 Å². The zero-order chi connectivity index (χ0) is 8.69. The van der Waals surface area contributed by atoms with Crippen LogP contribution in [-0.2, 0) is 9.53 Å². The van der Waals surface area contributed by atoms with Gasteiger partial charge in [-0.25, -0.2) is 0 Å². The van der Waals surface area contributed by atoms with E-state index in [9.17, 15) is 9.90 Å². The first-order valence-electron chi connectivity index (χ1n) is 3.92. The van der Waals surface area contributed by atoms with Crippen LogP contribution in [0, 0.1) is 5.92 Å². The van der Waals surface area contributed by atoms with Gasteiger partial charge in [0.1, 0.15) is 0 Å². The van der Waals surface area contributed by atoms with Crippen LogP contribution in [0.5, 0.6) is 0 Å². The van der Waals surface area contributed by atoms with Gasteiger partial charge in [-0.1, -0.05) is 19.8 Å². The molecule has 0 aromatic carbocycles. The molecular formula is C8H15O3-. The van der Waals surface area contributed by atoms with Gasteiger partial charge in [0.05, 0.1) is 6.61 Å². The number of rotatable bonds is 6. The molecule has 0 aliphatic rings. The van der Waals surface area contributed by atoms with Gasteiger partial charge in [-0.05, 0) is 6.42 Å². The molecule has 0 rings (SSSR count). The van der Waals surface area contributed by atoms with E-state index < -0.39 is 11.9 Å². The number of carbonyl (C=O) groups excluding carboxylic acids is 1. The van der Waals surface area contributed by atoms with E-state index >= 15 is 0 Å². The third-order valence-electron chi connectivity index (χ3n) is 1.61. The summed E-state index contributed by atoms with van der Waals surface area (Å²) in [4.78, 5) is 10.4. The van der Waals surface area contributed by atoms with Crippen LogP contribution in [0.2, 0.25) is 0 Å². The molecule has 0 saturated heterocycles. The number of carboxylic acid groups (broad SMARTS) is 1. The van der Waals surface area contributed by atoms with Crippen molar-refractivity contribution in [3.8, 4) is 0 Å². The summed E-state index contributed by atoms with van der Waals surface area (Å²) in [6, 6.07) is 0. The summed E-state index contributed by atoms with van der Waals surface area (Å²) in [7, 11) is 1.50. The molecule has 1 unspecified atom stereocenters. The third kappa shape index (κ3) is 4.79. The molecule has 0 aromatic rings. The molecule has 1 atom stereocenters. The molecule has 0 bridgehead atoms. The van der Waals surface area contributed by atoms with Gasteiger partial charge in [0, 0.05) is 19.0 Å². The van der Waals surface area contributed by atoms with Gasteiger partial charge >= 0.3 is 0 Å². The Morgan fingerprint density at radius 3 is 2.64 bits per heavy atom. The largest absolute Gasteiger partial charge is 0.550 e. The lowest BCUT2D eigenvalue weighted by Gasteiger charge is -2.15. The molecule has 0 amide bonds. The monoisotopic (exact) mass is 159 g/mol. The fraction of sp³-hybridized carbons (Fsp3) is 0.875. The van der Waals surface area contributed by atoms with Crippen LogP contribution in [0.1, 0.15) is 26.2 Å². The van der Waals surface area contributed by atoms with Crippen molar-refractivity contribution >= 4 is 5.97 Å². The van der Waals surface area contributed by atoms with E-state index in [4.69, 9.17) is 4.74 Å². The summed E-state index contributed by atoms with van der Waals surface area (Å²) in [6.07, 6.45) is 2.59. The number of carboxylic acids is 1. The third-order valence-corrected chi connectivity index (χ3v) is 1.61. The van der Waals surface area contributed by atoms with Crippen LogP contribution in [0.25, 0.3) is 0 Å². The summed E-state index contributed by atoms with van der Waals surface area (Å²) in [6.45, 7) is 2.29. The number of unbranched alkanes of at least 4 members (excludes halogenated alkanes) is 1. The molecule has 0 saturated carbocycles. The van der Waals surface area contributed by atoms with E-state index in [2.05, 4.69) is 0 Å². The van der Waals surface area contributed by atoms with Gasteiger partial charge in [0.25, 0.3) is 0 Å². The summed E-state index contributed by atoms with van der Waals surface area (Å²) < 4.78 is 4.74. The zero-order valence-corrected chi connectivity index (χ0v) is 7.13. The summed E-state index contributed by atoms with van der Waals surface area (Å²) in [5, 5.41) is 10.4. The van der Waals surface area contributed by atoms with Crippen molar-refractivity contribution in [3.05, 3.63) is 0 Å². The van der Waals surface area contributed by atoms with Crippen molar-refractivity contribution in [1.29, 1.82) is 0 Å². The molecule has 0 radical (unpaired) electrons. The van der Waals surface area contributed by atoms with Crippen LogP contribution in [0.3, 0.4) is 0 Å². The first kappa shape index (κ1) is 10.4. The quantitative estimate of drug-likeness (QED) is 0.556. The average Bonchev–Trinajstić information content (AvgIpc) is 1.97. The average molecular weight is 159 g/mol. The van der Waals surface area contributed by atoms with Crippen LogP contribution in [0.4, 0.5) is 0 Å². The predicted molar refractivity (Wildman–Crippen MR) is 39.9 cm³/mol. The number of methoxy groups -OCH3 is 1. The van der Waals surface area contributed by atoms with Crippen LogP contribution < -0.4 is 5.11 Å². The van der Waals surface area contributed by atoms with Crippen molar-refractivity contribution in [2.24, 2.45) is 5.92 Å².